The van der Waals surface area contributed by atoms with Gasteiger partial charge in [-0.3, -0.25) is 9.59 Å². The maximum absolute atomic E-state index is 14.9. The molecular weight excluding hydrogens is 661 g/mol. The van der Waals surface area contributed by atoms with Gasteiger partial charge in [-0.1, -0.05) is 56.4 Å². The molecule has 51 heavy (non-hydrogen) atoms. The topological polar surface area (TPSA) is 99.3 Å². The summed E-state index contributed by atoms with van der Waals surface area (Å²) in [6.07, 6.45) is 24.1. The van der Waals surface area contributed by atoms with Crippen molar-refractivity contribution in [1.29, 1.82) is 0 Å². The van der Waals surface area contributed by atoms with Crippen LogP contribution in [-0.4, -0.2) is 91.6 Å². The molecule has 4 aliphatic heterocycles. The highest BCUT2D eigenvalue weighted by Gasteiger charge is 2.59. The first-order chi connectivity index (χ1) is 24.7. The second-order valence-corrected chi connectivity index (χ2v) is 19.6. The second-order valence-electron chi connectivity index (χ2n) is 17.5. The van der Waals surface area contributed by atoms with E-state index in [0.29, 0.717) is 49.6 Å². The third kappa shape index (κ3) is 5.12. The molecule has 5 fully saturated rings. The molecule has 9 nitrogen and oxygen atoms in total. The Bertz CT molecular complexity index is 1860. The Morgan fingerprint density at radius 3 is 2.43 bits per heavy atom. The van der Waals surface area contributed by atoms with Gasteiger partial charge in [0.05, 0.1) is 35.3 Å². The number of piperazine rings is 1. The SMILES string of the molecule is COC1=CC=C(C2CCCCC2)C2C1C=C1C3C(=C4C(=C4C(=O)NS(=O)(=O)C4(CC5CC5)CC4)CN12)C=CC[C@H]3C(=O)N1C2CCC1CN(C)C2. The Hall–Kier alpha value is -3.11. The number of hydrogen-bond donors (Lipinski definition) is 1. The quantitative estimate of drug-likeness (QED) is 0.373. The van der Waals surface area contributed by atoms with E-state index < -0.39 is 20.7 Å². The number of carbonyl (C=O) groups excluding carboxylic acids is 2. The molecule has 1 N–H and O–H groups in total. The van der Waals surface area contributed by atoms with Crippen LogP contribution in [0, 0.1) is 29.6 Å². The maximum Gasteiger partial charge on any atom is 0.265 e. The monoisotopic (exact) mass is 712 g/mol. The summed E-state index contributed by atoms with van der Waals surface area (Å²) in [6.45, 7) is 2.35. The first kappa shape index (κ1) is 32.5. The van der Waals surface area contributed by atoms with E-state index in [1.807, 2.05) is 0 Å². The van der Waals surface area contributed by atoms with Crippen LogP contribution in [0.1, 0.15) is 83.5 Å². The van der Waals surface area contributed by atoms with Gasteiger partial charge >= 0.3 is 0 Å². The molecule has 6 aliphatic carbocycles. The predicted molar refractivity (Wildman–Crippen MR) is 194 cm³/mol. The summed E-state index contributed by atoms with van der Waals surface area (Å²) in [6, 6.07) is 0.529. The van der Waals surface area contributed by atoms with Crippen molar-refractivity contribution in [3.8, 4) is 0 Å². The number of sulfonamides is 1. The van der Waals surface area contributed by atoms with E-state index in [-0.39, 0.29) is 41.8 Å². The summed E-state index contributed by atoms with van der Waals surface area (Å²) in [5.74, 6) is 1.20. The Kier molecular flexibility index (Phi) is 7.46. The molecule has 272 valence electrons. The van der Waals surface area contributed by atoms with E-state index in [9.17, 15) is 18.0 Å². The molecule has 10 aliphatic rings. The zero-order chi connectivity index (χ0) is 34.8. The van der Waals surface area contributed by atoms with Gasteiger partial charge < -0.3 is 19.4 Å². The summed E-state index contributed by atoms with van der Waals surface area (Å²) in [5.41, 5.74) is 5.99. The number of amides is 2. The second kappa shape index (κ2) is 11.7. The first-order valence-electron chi connectivity index (χ1n) is 19.8. The third-order valence-corrected chi connectivity index (χ3v) is 16.5. The van der Waals surface area contributed by atoms with Crippen LogP contribution in [0.5, 0.6) is 0 Å². The van der Waals surface area contributed by atoms with Crippen LogP contribution in [0.15, 0.2) is 69.7 Å². The summed E-state index contributed by atoms with van der Waals surface area (Å²) in [4.78, 5) is 36.2. The number of likely N-dealkylation sites (tertiary alicyclic amines) is 1. The van der Waals surface area contributed by atoms with Gasteiger partial charge in [-0.2, -0.15) is 0 Å². The third-order valence-electron chi connectivity index (χ3n) is 14.4. The van der Waals surface area contributed by atoms with E-state index in [4.69, 9.17) is 4.74 Å². The molecule has 5 unspecified atom stereocenters. The van der Waals surface area contributed by atoms with Crippen molar-refractivity contribution < 1.29 is 22.7 Å². The van der Waals surface area contributed by atoms with E-state index in [1.54, 1.807) is 7.11 Å². The smallest absolute Gasteiger partial charge is 0.265 e. The molecule has 2 saturated heterocycles. The minimum Gasteiger partial charge on any atom is -0.500 e. The molecule has 3 saturated carbocycles. The highest BCUT2D eigenvalue weighted by atomic mass is 32.2. The van der Waals surface area contributed by atoms with E-state index in [0.717, 1.165) is 61.3 Å². The Labute approximate surface area is 302 Å². The normalized spacial score (nSPS) is 35.2. The van der Waals surface area contributed by atoms with Crippen LogP contribution in [0.3, 0.4) is 0 Å². The lowest BCUT2D eigenvalue weighted by Crippen LogP contribution is -2.57. The van der Waals surface area contributed by atoms with Gasteiger partial charge in [-0.25, -0.2) is 13.1 Å². The highest BCUT2D eigenvalue weighted by molar-refractivity contribution is 7.91. The lowest BCUT2D eigenvalue weighted by molar-refractivity contribution is -0.142. The minimum absolute atomic E-state index is 0.0327. The van der Waals surface area contributed by atoms with E-state index >= 15 is 0 Å². The molecule has 0 radical (unpaired) electrons. The number of nitrogens with zero attached hydrogens (tertiary/aromatic N) is 3. The molecule has 0 aromatic rings. The summed E-state index contributed by atoms with van der Waals surface area (Å²) in [5, 5.41) is 0. The predicted octanol–water partition coefficient (Wildman–Crippen LogP) is 5.12. The largest absolute Gasteiger partial charge is 0.500 e. The van der Waals surface area contributed by atoms with Crippen LogP contribution < -0.4 is 4.72 Å². The molecule has 10 rings (SSSR count). The Balaban J connectivity index is 1.04. The van der Waals surface area contributed by atoms with Crippen LogP contribution in [0.25, 0.3) is 0 Å². The van der Waals surface area contributed by atoms with Crippen molar-refractivity contribution in [3.63, 3.8) is 0 Å². The lowest BCUT2D eigenvalue weighted by Gasteiger charge is -2.44. The van der Waals surface area contributed by atoms with Crippen molar-refractivity contribution in [1.82, 2.24) is 19.4 Å². The first-order valence-corrected chi connectivity index (χ1v) is 21.3. The highest BCUT2D eigenvalue weighted by Crippen LogP contribution is 2.58. The molecule has 10 heteroatoms. The number of nitrogens with one attached hydrogen (secondary N) is 1. The number of carbonyl (C=O) groups is 2. The number of hydrogen-bond acceptors (Lipinski definition) is 7. The van der Waals surface area contributed by atoms with Gasteiger partial charge in [0.1, 0.15) is 5.76 Å². The number of likely N-dealkylation sites (N-methyl/N-ethyl adjacent to an activating group) is 1. The van der Waals surface area contributed by atoms with Crippen molar-refractivity contribution in [2.45, 2.75) is 106 Å². The van der Waals surface area contributed by atoms with Gasteiger partial charge in [0.15, 0.2) is 0 Å². The Morgan fingerprint density at radius 1 is 1.00 bits per heavy atom. The molecule has 4 heterocycles. The summed E-state index contributed by atoms with van der Waals surface area (Å²) in [7, 11) is 0.115. The number of fused-ring (bicyclic) bond motifs is 8. The van der Waals surface area contributed by atoms with Gasteiger partial charge in [0.25, 0.3) is 5.91 Å². The number of rotatable bonds is 8. The number of methoxy groups -OCH3 is 1. The van der Waals surface area contributed by atoms with Crippen LogP contribution in [0.4, 0.5) is 0 Å². The van der Waals surface area contributed by atoms with Gasteiger partial charge in [0, 0.05) is 43.3 Å². The fraction of sp³-hybridized carbons (Fsp3) is 0.659. The molecule has 2 amide bonds. The molecular formula is C41H52N4O5S. The van der Waals surface area contributed by atoms with E-state index in [2.05, 4.69) is 56.8 Å². The fourth-order valence-corrected chi connectivity index (χ4v) is 13.2. The van der Waals surface area contributed by atoms with Gasteiger partial charge in [0.2, 0.25) is 15.9 Å². The Morgan fingerprint density at radius 2 is 1.75 bits per heavy atom. The maximum atomic E-state index is 14.9. The molecule has 0 spiro atoms. The molecule has 6 atom stereocenters. The van der Waals surface area contributed by atoms with Crippen molar-refractivity contribution >= 4 is 21.8 Å². The zero-order valence-electron chi connectivity index (χ0n) is 30.1. The van der Waals surface area contributed by atoms with Gasteiger partial charge in [-0.05, 0) is 98.6 Å². The fourth-order valence-electron chi connectivity index (χ4n) is 11.5. The van der Waals surface area contributed by atoms with Crippen LogP contribution >= 0.6 is 0 Å². The summed E-state index contributed by atoms with van der Waals surface area (Å²) < 4.78 is 35.4. The molecule has 2 bridgehead atoms. The lowest BCUT2D eigenvalue weighted by atomic mass is 9.75. The van der Waals surface area contributed by atoms with Crippen LogP contribution in [-0.2, 0) is 24.3 Å². The van der Waals surface area contributed by atoms with Crippen molar-refractivity contribution in [3.05, 3.63) is 69.7 Å². The average molecular weight is 713 g/mol. The zero-order valence-corrected chi connectivity index (χ0v) is 30.9. The number of allylic oxidation sites excluding steroid dienone is 5. The van der Waals surface area contributed by atoms with Crippen molar-refractivity contribution in [2.24, 2.45) is 29.6 Å². The van der Waals surface area contributed by atoms with Gasteiger partial charge in [-0.15, -0.1) is 0 Å². The van der Waals surface area contributed by atoms with Crippen molar-refractivity contribution in [2.75, 3.05) is 33.8 Å². The minimum atomic E-state index is -3.81. The molecule has 0 aromatic carbocycles. The average Bonchev–Trinajstić information content (AvgIpc) is 4.05. The van der Waals surface area contributed by atoms with E-state index in [1.165, 1.54) is 43.4 Å². The number of ether oxygens (including phenoxy) is 1. The van der Waals surface area contributed by atoms with Crippen LogP contribution in [0.2, 0.25) is 0 Å². The molecule has 0 aromatic heterocycles. The standard InChI is InChI=1S/C41H52N4O5S/c1-43-21-26-13-14-27(22-43)45(26)40(47)30-10-6-9-29-35(30)33-19-31-34(50-2)16-15-28(25-7-4-3-5-8-25)38(31)44(33)23-32-36(29)37(32)39(46)42-51(48,49)41(17-18-41)20-24-11-12-24/h6,9,15-16,19,24-27,30-31,35,38H,3-5,7-8,10-14,17-18,20-23H2,1-2H3,(H,42,46)/t26?,27?,30-,31?,35?,38?/m1/s1. The summed E-state index contributed by atoms with van der Waals surface area (Å²) >= 11 is 0.